The smallest absolute Gasteiger partial charge is 0.258 e. The van der Waals surface area contributed by atoms with Crippen LogP contribution in [0.4, 0.5) is 5.69 Å². The van der Waals surface area contributed by atoms with E-state index in [2.05, 4.69) is 10.6 Å². The molecule has 3 aromatic carbocycles. The average molecular weight is 404 g/mol. The number of methoxy groups -OCH3 is 1. The lowest BCUT2D eigenvalue weighted by Crippen LogP contribution is -2.31. The molecule has 30 heavy (non-hydrogen) atoms. The highest BCUT2D eigenvalue weighted by molar-refractivity contribution is 6.04. The molecular formula is C24H24N2O4. The molecule has 2 N–H and O–H groups in total. The van der Waals surface area contributed by atoms with Crippen molar-refractivity contribution in [3.63, 3.8) is 0 Å². The Morgan fingerprint density at radius 1 is 0.933 bits per heavy atom. The van der Waals surface area contributed by atoms with Crippen LogP contribution in [0.2, 0.25) is 0 Å². The molecule has 0 spiro atoms. The molecule has 2 amide bonds. The third-order valence-corrected chi connectivity index (χ3v) is 4.48. The largest absolute Gasteiger partial charge is 0.496 e. The Hall–Kier alpha value is -3.80. The molecule has 0 radical (unpaired) electrons. The number of carbonyl (C=O) groups excluding carboxylic acids is 2. The van der Waals surface area contributed by atoms with Crippen molar-refractivity contribution >= 4 is 17.5 Å². The van der Waals surface area contributed by atoms with Gasteiger partial charge in [-0.05, 0) is 37.3 Å². The highest BCUT2D eigenvalue weighted by Crippen LogP contribution is 2.24. The van der Waals surface area contributed by atoms with Crippen molar-refractivity contribution in [3.05, 3.63) is 90.0 Å². The van der Waals surface area contributed by atoms with E-state index < -0.39 is 0 Å². The minimum absolute atomic E-state index is 0.143. The van der Waals surface area contributed by atoms with Crippen LogP contribution in [0.25, 0.3) is 0 Å². The van der Waals surface area contributed by atoms with Gasteiger partial charge in [0.15, 0.2) is 6.61 Å². The Kier molecular flexibility index (Phi) is 7.05. The van der Waals surface area contributed by atoms with Gasteiger partial charge in [-0.25, -0.2) is 0 Å². The first-order valence-corrected chi connectivity index (χ1v) is 9.58. The summed E-state index contributed by atoms with van der Waals surface area (Å²) in [7, 11) is 1.60. The van der Waals surface area contributed by atoms with Crippen molar-refractivity contribution in [3.8, 4) is 11.5 Å². The van der Waals surface area contributed by atoms with Gasteiger partial charge in [0.05, 0.1) is 13.2 Å². The van der Waals surface area contributed by atoms with E-state index in [1.54, 1.807) is 55.6 Å². The first-order chi connectivity index (χ1) is 14.6. The summed E-state index contributed by atoms with van der Waals surface area (Å²) in [5, 5.41) is 5.72. The SMILES string of the molecule is COc1ccccc1C(C)NC(=O)COc1cccc(NC(=O)c2ccccc2)c1. The van der Waals surface area contributed by atoms with Crippen molar-refractivity contribution in [2.75, 3.05) is 19.0 Å². The molecule has 0 heterocycles. The maximum Gasteiger partial charge on any atom is 0.258 e. The molecular weight excluding hydrogens is 380 g/mol. The van der Waals surface area contributed by atoms with Crippen molar-refractivity contribution in [1.82, 2.24) is 5.32 Å². The molecule has 1 unspecified atom stereocenters. The molecule has 0 bridgehead atoms. The normalized spacial score (nSPS) is 11.3. The lowest BCUT2D eigenvalue weighted by molar-refractivity contribution is -0.123. The quantitative estimate of drug-likeness (QED) is 0.590. The van der Waals surface area contributed by atoms with Gasteiger partial charge in [-0.2, -0.15) is 0 Å². The van der Waals surface area contributed by atoms with E-state index in [4.69, 9.17) is 9.47 Å². The summed E-state index contributed by atoms with van der Waals surface area (Å²) in [6.45, 7) is 1.74. The molecule has 3 rings (SSSR count). The minimum Gasteiger partial charge on any atom is -0.496 e. The lowest BCUT2D eigenvalue weighted by atomic mass is 10.1. The number of rotatable bonds is 8. The molecule has 0 fully saturated rings. The molecule has 154 valence electrons. The minimum atomic E-state index is -0.257. The second-order valence-electron chi connectivity index (χ2n) is 6.67. The van der Waals surface area contributed by atoms with Crippen molar-refractivity contribution in [1.29, 1.82) is 0 Å². The monoisotopic (exact) mass is 404 g/mol. The number of hydrogen-bond acceptors (Lipinski definition) is 4. The van der Waals surface area contributed by atoms with Crippen molar-refractivity contribution in [2.24, 2.45) is 0 Å². The lowest BCUT2D eigenvalue weighted by Gasteiger charge is -2.17. The fourth-order valence-electron chi connectivity index (χ4n) is 2.99. The number of nitrogens with one attached hydrogen (secondary N) is 2. The first-order valence-electron chi connectivity index (χ1n) is 9.58. The Morgan fingerprint density at radius 3 is 2.43 bits per heavy atom. The van der Waals surface area contributed by atoms with Gasteiger partial charge < -0.3 is 20.1 Å². The Balaban J connectivity index is 1.55. The second kappa shape index (κ2) is 10.1. The molecule has 0 saturated carbocycles. The summed E-state index contributed by atoms with van der Waals surface area (Å²) in [4.78, 5) is 24.6. The third-order valence-electron chi connectivity index (χ3n) is 4.48. The number of amides is 2. The second-order valence-corrected chi connectivity index (χ2v) is 6.67. The van der Waals surface area contributed by atoms with E-state index in [9.17, 15) is 9.59 Å². The van der Waals surface area contributed by atoms with E-state index >= 15 is 0 Å². The molecule has 0 aromatic heterocycles. The molecule has 0 aliphatic rings. The molecule has 6 nitrogen and oxygen atoms in total. The number of benzene rings is 3. The zero-order valence-corrected chi connectivity index (χ0v) is 16.9. The van der Waals surface area contributed by atoms with E-state index in [-0.39, 0.29) is 24.5 Å². The van der Waals surface area contributed by atoms with Crippen LogP contribution in [0.15, 0.2) is 78.9 Å². The summed E-state index contributed by atoms with van der Waals surface area (Å²) in [5.74, 6) is 0.734. The van der Waals surface area contributed by atoms with Crippen LogP contribution >= 0.6 is 0 Å². The average Bonchev–Trinajstić information content (AvgIpc) is 2.78. The van der Waals surface area contributed by atoms with E-state index in [1.807, 2.05) is 37.3 Å². The number of carbonyl (C=O) groups is 2. The fourth-order valence-corrected chi connectivity index (χ4v) is 2.99. The topological polar surface area (TPSA) is 76.7 Å². The Bertz CT molecular complexity index is 1000. The number of anilines is 1. The third kappa shape index (κ3) is 5.61. The van der Waals surface area contributed by atoms with Crippen LogP contribution < -0.4 is 20.1 Å². The van der Waals surface area contributed by atoms with Crippen LogP contribution in [-0.4, -0.2) is 25.5 Å². The molecule has 3 aromatic rings. The van der Waals surface area contributed by atoms with Crippen LogP contribution in [0.5, 0.6) is 11.5 Å². The Morgan fingerprint density at radius 2 is 1.67 bits per heavy atom. The van der Waals surface area contributed by atoms with Gasteiger partial charge in [-0.15, -0.1) is 0 Å². The van der Waals surface area contributed by atoms with E-state index in [1.165, 1.54) is 0 Å². The van der Waals surface area contributed by atoms with E-state index in [0.717, 1.165) is 5.56 Å². The van der Waals surface area contributed by atoms with Crippen LogP contribution in [0.3, 0.4) is 0 Å². The zero-order chi connectivity index (χ0) is 21.3. The van der Waals surface area contributed by atoms with Gasteiger partial charge in [0.2, 0.25) is 0 Å². The number of hydrogen-bond donors (Lipinski definition) is 2. The molecule has 0 aliphatic carbocycles. The van der Waals surface area contributed by atoms with Gasteiger partial charge in [-0.3, -0.25) is 9.59 Å². The molecule has 0 saturated heterocycles. The molecule has 6 heteroatoms. The standard InChI is InChI=1S/C24H24N2O4/c1-17(21-13-6-7-14-22(21)29-2)25-23(27)16-30-20-12-8-11-19(15-20)26-24(28)18-9-4-3-5-10-18/h3-15,17H,16H2,1-2H3,(H,25,27)(H,26,28). The van der Waals surface area contributed by atoms with Crippen molar-refractivity contribution in [2.45, 2.75) is 13.0 Å². The summed E-state index contributed by atoms with van der Waals surface area (Å²) < 4.78 is 10.9. The van der Waals surface area contributed by atoms with Crippen molar-refractivity contribution < 1.29 is 19.1 Å². The maximum atomic E-state index is 12.3. The predicted octanol–water partition coefficient (Wildman–Crippen LogP) is 4.20. The highest BCUT2D eigenvalue weighted by Gasteiger charge is 2.14. The summed E-state index contributed by atoms with van der Waals surface area (Å²) in [6, 6.07) is 23.2. The fraction of sp³-hybridized carbons (Fsp3) is 0.167. The zero-order valence-electron chi connectivity index (χ0n) is 16.9. The number of para-hydroxylation sites is 1. The van der Waals surface area contributed by atoms with Crippen LogP contribution in [0, 0.1) is 0 Å². The van der Waals surface area contributed by atoms with Gasteiger partial charge in [0.25, 0.3) is 11.8 Å². The van der Waals surface area contributed by atoms with Crippen LogP contribution in [0.1, 0.15) is 28.9 Å². The summed E-state index contributed by atoms with van der Waals surface area (Å²) in [5.41, 5.74) is 2.04. The highest BCUT2D eigenvalue weighted by atomic mass is 16.5. The molecule has 1 atom stereocenters. The van der Waals surface area contributed by atoms with Gasteiger partial charge in [0, 0.05) is 22.9 Å². The molecule has 0 aliphatic heterocycles. The van der Waals surface area contributed by atoms with E-state index in [0.29, 0.717) is 22.7 Å². The maximum absolute atomic E-state index is 12.3. The Labute approximate surface area is 175 Å². The summed E-state index contributed by atoms with van der Waals surface area (Å²) in [6.07, 6.45) is 0. The van der Waals surface area contributed by atoms with Gasteiger partial charge >= 0.3 is 0 Å². The predicted molar refractivity (Wildman–Crippen MR) is 116 cm³/mol. The number of ether oxygens (including phenoxy) is 2. The van der Waals surface area contributed by atoms with Crippen LogP contribution in [-0.2, 0) is 4.79 Å². The summed E-state index contributed by atoms with van der Waals surface area (Å²) >= 11 is 0. The first kappa shape index (κ1) is 20.9. The van der Waals surface area contributed by atoms with Gasteiger partial charge in [-0.1, -0.05) is 42.5 Å². The van der Waals surface area contributed by atoms with Gasteiger partial charge in [0.1, 0.15) is 11.5 Å².